The summed E-state index contributed by atoms with van der Waals surface area (Å²) < 4.78 is 34.8. The normalized spacial score (nSPS) is 11.9. The van der Waals surface area contributed by atoms with Crippen LogP contribution in [0.5, 0.6) is 0 Å². The molecular formula is C16H10FNaO2S. The van der Waals surface area contributed by atoms with Crippen molar-refractivity contribution in [2.24, 2.45) is 0 Å². The summed E-state index contributed by atoms with van der Waals surface area (Å²) in [5, 5.41) is 1.80. The Morgan fingerprint density at radius 3 is 2.05 bits per heavy atom. The van der Waals surface area contributed by atoms with Gasteiger partial charge >= 0.3 is 29.6 Å². The standard InChI is InChI=1S/C16H11FO2S.Na/c17-15-6-3-11(4-7-15)12-1-2-14-10-16(20(18)19)8-5-13(14)9-12;/h1-10H,(H,18,19);/q;+1/p-1. The van der Waals surface area contributed by atoms with Crippen molar-refractivity contribution in [3.05, 3.63) is 66.5 Å². The van der Waals surface area contributed by atoms with Crippen LogP contribution in [0.3, 0.4) is 0 Å². The Morgan fingerprint density at radius 1 is 0.810 bits per heavy atom. The van der Waals surface area contributed by atoms with Crippen molar-refractivity contribution in [3.63, 3.8) is 0 Å². The Morgan fingerprint density at radius 2 is 1.38 bits per heavy atom. The van der Waals surface area contributed by atoms with Crippen molar-refractivity contribution in [1.29, 1.82) is 0 Å². The second-order valence-corrected chi connectivity index (χ2v) is 5.41. The van der Waals surface area contributed by atoms with E-state index in [9.17, 15) is 13.2 Å². The van der Waals surface area contributed by atoms with Crippen molar-refractivity contribution >= 4 is 21.9 Å². The van der Waals surface area contributed by atoms with Gasteiger partial charge in [0.2, 0.25) is 0 Å². The predicted molar refractivity (Wildman–Crippen MR) is 76.5 cm³/mol. The van der Waals surface area contributed by atoms with Gasteiger partial charge in [0.1, 0.15) is 5.82 Å². The van der Waals surface area contributed by atoms with Gasteiger partial charge in [-0.1, -0.05) is 30.3 Å². The third-order valence-electron chi connectivity index (χ3n) is 3.18. The van der Waals surface area contributed by atoms with Crippen LogP contribution in [0, 0.1) is 5.82 Å². The number of hydrogen-bond acceptors (Lipinski definition) is 2. The molecule has 0 N–H and O–H groups in total. The fourth-order valence-electron chi connectivity index (χ4n) is 2.15. The van der Waals surface area contributed by atoms with E-state index in [0.29, 0.717) is 0 Å². The molecule has 0 heterocycles. The molecule has 0 spiro atoms. The molecule has 3 rings (SSSR count). The summed E-state index contributed by atoms with van der Waals surface area (Å²) in [5.74, 6) is -0.267. The van der Waals surface area contributed by atoms with Crippen LogP contribution in [0.4, 0.5) is 4.39 Å². The molecule has 0 radical (unpaired) electrons. The van der Waals surface area contributed by atoms with Crippen LogP contribution in [0.1, 0.15) is 0 Å². The summed E-state index contributed by atoms with van der Waals surface area (Å²) >= 11 is -2.22. The molecule has 0 bridgehead atoms. The molecular weight excluding hydrogens is 298 g/mol. The summed E-state index contributed by atoms with van der Waals surface area (Å²) in [4.78, 5) is 0.270. The van der Waals surface area contributed by atoms with Crippen LogP contribution in [-0.2, 0) is 11.1 Å². The molecule has 0 aliphatic carbocycles. The van der Waals surface area contributed by atoms with Gasteiger partial charge in [0.15, 0.2) is 0 Å². The SMILES string of the molecule is O=S([O-])c1ccc2cc(-c3ccc(F)cc3)ccc2c1.[Na+]. The van der Waals surface area contributed by atoms with Gasteiger partial charge < -0.3 is 4.55 Å². The first-order valence-electron chi connectivity index (χ1n) is 6.02. The van der Waals surface area contributed by atoms with Crippen molar-refractivity contribution in [3.8, 4) is 11.1 Å². The summed E-state index contributed by atoms with van der Waals surface area (Å²) in [7, 11) is 0. The predicted octanol–water partition coefficient (Wildman–Crippen LogP) is 0.888. The number of benzene rings is 3. The van der Waals surface area contributed by atoms with Gasteiger partial charge in [-0.25, -0.2) is 4.39 Å². The summed E-state index contributed by atoms with van der Waals surface area (Å²) in [6.45, 7) is 0. The zero-order chi connectivity index (χ0) is 14.1. The van der Waals surface area contributed by atoms with E-state index < -0.39 is 11.1 Å². The van der Waals surface area contributed by atoms with Crippen LogP contribution in [-0.4, -0.2) is 8.76 Å². The molecule has 3 aromatic carbocycles. The molecule has 3 aromatic rings. The number of hydrogen-bond donors (Lipinski definition) is 0. The molecule has 2 nitrogen and oxygen atoms in total. The first-order valence-corrected chi connectivity index (χ1v) is 7.10. The van der Waals surface area contributed by atoms with Crippen LogP contribution >= 0.6 is 0 Å². The molecule has 0 aromatic heterocycles. The molecule has 21 heavy (non-hydrogen) atoms. The van der Waals surface area contributed by atoms with E-state index in [1.165, 1.54) is 12.1 Å². The van der Waals surface area contributed by atoms with Crippen LogP contribution < -0.4 is 29.6 Å². The van der Waals surface area contributed by atoms with Crippen molar-refractivity contribution < 1.29 is 42.7 Å². The third-order valence-corrected chi connectivity index (χ3v) is 3.82. The van der Waals surface area contributed by atoms with Crippen molar-refractivity contribution in [2.75, 3.05) is 0 Å². The maximum absolute atomic E-state index is 12.9. The largest absolute Gasteiger partial charge is 1.00 e. The minimum atomic E-state index is -2.22. The Bertz CT molecular complexity index is 803. The molecule has 0 saturated heterocycles. The van der Waals surface area contributed by atoms with Crippen LogP contribution in [0.15, 0.2) is 65.6 Å². The quantitative estimate of drug-likeness (QED) is 0.521. The van der Waals surface area contributed by atoms with E-state index in [0.717, 1.165) is 21.9 Å². The average molecular weight is 308 g/mol. The van der Waals surface area contributed by atoms with Crippen LogP contribution in [0.2, 0.25) is 0 Å². The van der Waals surface area contributed by atoms with Gasteiger partial charge in [0.25, 0.3) is 0 Å². The minimum Gasteiger partial charge on any atom is -0.768 e. The van der Waals surface area contributed by atoms with Gasteiger partial charge in [0.05, 0.1) is 0 Å². The molecule has 0 fully saturated rings. The van der Waals surface area contributed by atoms with Gasteiger partial charge in [-0.15, -0.1) is 0 Å². The topological polar surface area (TPSA) is 40.1 Å². The number of rotatable bonds is 2. The van der Waals surface area contributed by atoms with Gasteiger partial charge in [-0.3, -0.25) is 4.21 Å². The second-order valence-electron chi connectivity index (χ2n) is 4.47. The monoisotopic (exact) mass is 308 g/mol. The molecule has 0 aliphatic heterocycles. The van der Waals surface area contributed by atoms with E-state index >= 15 is 0 Å². The first-order chi connectivity index (χ1) is 9.63. The second kappa shape index (κ2) is 6.81. The molecule has 1 unspecified atom stereocenters. The fourth-order valence-corrected chi connectivity index (χ4v) is 2.55. The molecule has 100 valence electrons. The van der Waals surface area contributed by atoms with E-state index in [1.807, 2.05) is 18.2 Å². The van der Waals surface area contributed by atoms with E-state index in [4.69, 9.17) is 0 Å². The smallest absolute Gasteiger partial charge is 0.768 e. The maximum Gasteiger partial charge on any atom is 1.00 e. The first kappa shape index (κ1) is 16.3. The van der Waals surface area contributed by atoms with Gasteiger partial charge in [-0.2, -0.15) is 0 Å². The molecule has 0 saturated carbocycles. The van der Waals surface area contributed by atoms with E-state index in [1.54, 1.807) is 30.3 Å². The maximum atomic E-state index is 12.9. The van der Waals surface area contributed by atoms with Crippen LogP contribution in [0.25, 0.3) is 21.9 Å². The van der Waals surface area contributed by atoms with Crippen molar-refractivity contribution in [1.82, 2.24) is 0 Å². The zero-order valence-corrected chi connectivity index (χ0v) is 14.2. The van der Waals surface area contributed by atoms with Gasteiger partial charge in [-0.05, 0) is 63.3 Å². The Balaban J connectivity index is 0.00000161. The van der Waals surface area contributed by atoms with Gasteiger partial charge in [0, 0.05) is 4.90 Å². The summed E-state index contributed by atoms with van der Waals surface area (Å²) in [6.07, 6.45) is 0. The zero-order valence-electron chi connectivity index (χ0n) is 11.4. The Labute approximate surface area is 146 Å². The third kappa shape index (κ3) is 3.59. The fraction of sp³-hybridized carbons (Fsp3) is 0. The molecule has 0 aliphatic rings. The van der Waals surface area contributed by atoms with E-state index in [2.05, 4.69) is 0 Å². The average Bonchev–Trinajstić information content (AvgIpc) is 2.47. The Hall–Kier alpha value is -1.04. The van der Waals surface area contributed by atoms with E-state index in [-0.39, 0.29) is 40.3 Å². The number of halogens is 1. The molecule has 5 heteroatoms. The number of fused-ring (bicyclic) bond motifs is 1. The molecule has 0 amide bonds. The minimum absolute atomic E-state index is 0. The summed E-state index contributed by atoms with van der Waals surface area (Å²) in [6, 6.07) is 17.0. The van der Waals surface area contributed by atoms with Crippen molar-refractivity contribution in [2.45, 2.75) is 4.90 Å². The summed E-state index contributed by atoms with van der Waals surface area (Å²) in [5.41, 5.74) is 1.89. The Kier molecular flexibility index (Phi) is 5.30. The molecule has 1 atom stereocenters.